The van der Waals surface area contributed by atoms with Crippen molar-refractivity contribution in [1.82, 2.24) is 9.88 Å². The summed E-state index contributed by atoms with van der Waals surface area (Å²) in [6.07, 6.45) is -3.86. The molecular weight excluding hydrogens is 403 g/mol. The monoisotopic (exact) mass is 417 g/mol. The van der Waals surface area contributed by atoms with E-state index in [9.17, 15) is 22.8 Å². The van der Waals surface area contributed by atoms with Gasteiger partial charge in [-0.1, -0.05) is 23.4 Å². The summed E-state index contributed by atoms with van der Waals surface area (Å²) < 4.78 is 37.8. The van der Waals surface area contributed by atoms with Crippen LogP contribution < -0.4 is 5.32 Å². The molecule has 2 rings (SSSR count). The highest BCUT2D eigenvalue weighted by molar-refractivity contribution is 8.00. The molecule has 0 bridgehead atoms. The third-order valence-corrected chi connectivity index (χ3v) is 4.70. The van der Waals surface area contributed by atoms with Gasteiger partial charge in [-0.2, -0.15) is 13.2 Å². The summed E-state index contributed by atoms with van der Waals surface area (Å²) in [4.78, 5) is 28.9. The number of amides is 2. The van der Waals surface area contributed by atoms with Gasteiger partial charge >= 0.3 is 6.18 Å². The molecule has 1 heterocycles. The second-order valence-electron chi connectivity index (χ2n) is 5.62. The second kappa shape index (κ2) is 8.62. The predicted octanol–water partition coefficient (Wildman–Crippen LogP) is 4.19. The fraction of sp³-hybridized carbons (Fsp3) is 0.235. The minimum atomic E-state index is -4.53. The van der Waals surface area contributed by atoms with Crippen molar-refractivity contribution in [3.05, 3.63) is 52.7 Å². The highest BCUT2D eigenvalue weighted by atomic mass is 35.5. The van der Waals surface area contributed by atoms with E-state index in [-0.39, 0.29) is 27.6 Å². The Kier molecular flexibility index (Phi) is 6.72. The number of alkyl halides is 3. The number of carbonyl (C=O) groups excluding carboxylic acids is 2. The zero-order valence-electron chi connectivity index (χ0n) is 14.3. The van der Waals surface area contributed by atoms with Crippen LogP contribution in [0.1, 0.15) is 15.9 Å². The van der Waals surface area contributed by atoms with E-state index in [0.717, 1.165) is 17.8 Å². The van der Waals surface area contributed by atoms with Crippen LogP contribution in [0.25, 0.3) is 0 Å². The average molecular weight is 418 g/mol. The van der Waals surface area contributed by atoms with E-state index in [1.807, 2.05) is 0 Å². The average Bonchev–Trinajstić information content (AvgIpc) is 2.59. The second-order valence-corrected chi connectivity index (χ2v) is 6.99. The van der Waals surface area contributed by atoms with Crippen molar-refractivity contribution in [1.29, 1.82) is 0 Å². The minimum Gasteiger partial charge on any atom is -0.345 e. The lowest BCUT2D eigenvalue weighted by Gasteiger charge is -2.11. The first-order valence-corrected chi connectivity index (χ1v) is 8.91. The summed E-state index contributed by atoms with van der Waals surface area (Å²) in [7, 11) is 3.27. The molecule has 0 fully saturated rings. The van der Waals surface area contributed by atoms with Crippen LogP contribution in [-0.4, -0.2) is 41.5 Å². The number of rotatable bonds is 5. The van der Waals surface area contributed by atoms with Gasteiger partial charge in [-0.15, -0.1) is 0 Å². The Labute approximate surface area is 162 Å². The Morgan fingerprint density at radius 3 is 2.37 bits per heavy atom. The molecule has 2 aromatic rings. The molecule has 144 valence electrons. The molecule has 2 amide bonds. The lowest BCUT2D eigenvalue weighted by molar-refractivity contribution is -0.137. The minimum absolute atomic E-state index is 0.0868. The summed E-state index contributed by atoms with van der Waals surface area (Å²) in [6, 6.07) is 7.11. The van der Waals surface area contributed by atoms with Crippen LogP contribution in [0, 0.1) is 0 Å². The lowest BCUT2D eigenvalue weighted by Crippen LogP contribution is -2.21. The van der Waals surface area contributed by atoms with Crippen LogP contribution in [0.2, 0.25) is 5.02 Å². The maximum Gasteiger partial charge on any atom is 0.417 e. The van der Waals surface area contributed by atoms with E-state index < -0.39 is 11.7 Å². The van der Waals surface area contributed by atoms with Crippen LogP contribution >= 0.6 is 23.4 Å². The Morgan fingerprint density at radius 2 is 1.85 bits per heavy atom. The van der Waals surface area contributed by atoms with Gasteiger partial charge in [0.15, 0.2) is 0 Å². The summed E-state index contributed by atoms with van der Waals surface area (Å²) in [5.74, 6) is -0.632. The first kappa shape index (κ1) is 21.0. The molecule has 5 nitrogen and oxygen atoms in total. The van der Waals surface area contributed by atoms with E-state index in [0.29, 0.717) is 17.4 Å². The normalized spacial score (nSPS) is 11.2. The molecule has 10 heteroatoms. The summed E-state index contributed by atoms with van der Waals surface area (Å²) in [5, 5.41) is 2.59. The number of nitrogens with zero attached hydrogens (tertiary/aromatic N) is 2. The number of pyridine rings is 1. The molecular formula is C17H15ClF3N3O2S. The van der Waals surface area contributed by atoms with E-state index in [1.165, 1.54) is 4.90 Å². The molecule has 0 aliphatic rings. The topological polar surface area (TPSA) is 62.3 Å². The van der Waals surface area contributed by atoms with Gasteiger partial charge < -0.3 is 10.2 Å². The van der Waals surface area contributed by atoms with Gasteiger partial charge in [-0.3, -0.25) is 9.59 Å². The SMILES string of the molecule is CN(C)C(=O)c1ccc(NC(=O)CSc2ncc(C(F)(F)F)cc2Cl)cc1. The number of hydrogen-bond acceptors (Lipinski definition) is 4. The molecule has 0 saturated heterocycles. The third kappa shape index (κ3) is 5.86. The van der Waals surface area contributed by atoms with E-state index >= 15 is 0 Å². The quantitative estimate of drug-likeness (QED) is 0.741. The Bertz CT molecular complexity index is 842. The van der Waals surface area contributed by atoms with Crippen molar-refractivity contribution in [2.75, 3.05) is 25.2 Å². The van der Waals surface area contributed by atoms with Gasteiger partial charge in [0.25, 0.3) is 5.91 Å². The molecule has 0 unspecified atom stereocenters. The number of thioether (sulfide) groups is 1. The number of benzene rings is 1. The van der Waals surface area contributed by atoms with Crippen LogP contribution in [0.5, 0.6) is 0 Å². The Balaban J connectivity index is 1.94. The van der Waals surface area contributed by atoms with Gasteiger partial charge in [0.2, 0.25) is 5.91 Å². The fourth-order valence-corrected chi connectivity index (χ4v) is 2.97. The van der Waals surface area contributed by atoms with E-state index in [4.69, 9.17) is 11.6 Å². The number of nitrogens with one attached hydrogen (secondary N) is 1. The van der Waals surface area contributed by atoms with Gasteiger partial charge in [-0.25, -0.2) is 4.98 Å². The first-order chi connectivity index (χ1) is 12.6. The highest BCUT2D eigenvalue weighted by Crippen LogP contribution is 2.33. The zero-order valence-corrected chi connectivity index (χ0v) is 15.9. The molecule has 0 aliphatic carbocycles. The number of halogens is 4. The third-order valence-electron chi connectivity index (χ3n) is 3.30. The molecule has 1 aromatic carbocycles. The van der Waals surface area contributed by atoms with Crippen LogP contribution in [0.15, 0.2) is 41.6 Å². The molecule has 0 aliphatic heterocycles. The predicted molar refractivity (Wildman–Crippen MR) is 98.1 cm³/mol. The lowest BCUT2D eigenvalue weighted by atomic mass is 10.2. The summed E-state index contributed by atoms with van der Waals surface area (Å²) in [5.41, 5.74) is 0.0177. The largest absolute Gasteiger partial charge is 0.417 e. The van der Waals surface area contributed by atoms with Crippen molar-refractivity contribution in [3.63, 3.8) is 0 Å². The van der Waals surface area contributed by atoms with E-state index in [1.54, 1.807) is 38.4 Å². The smallest absolute Gasteiger partial charge is 0.345 e. The molecule has 27 heavy (non-hydrogen) atoms. The standard InChI is InChI=1S/C17H15ClF3N3O2S/c1-24(2)16(26)10-3-5-12(6-4-10)23-14(25)9-27-15-13(18)7-11(8-22-15)17(19,20)21/h3-8H,9H2,1-2H3,(H,23,25). The van der Waals surface area contributed by atoms with Crippen molar-refractivity contribution < 1.29 is 22.8 Å². The van der Waals surface area contributed by atoms with Crippen molar-refractivity contribution in [2.45, 2.75) is 11.2 Å². The van der Waals surface area contributed by atoms with Gasteiger partial charge in [-0.05, 0) is 30.3 Å². The van der Waals surface area contributed by atoms with Crippen LogP contribution in [0.3, 0.4) is 0 Å². The summed E-state index contributed by atoms with van der Waals surface area (Å²) >= 11 is 6.72. The molecule has 0 saturated carbocycles. The van der Waals surface area contributed by atoms with Gasteiger partial charge in [0.1, 0.15) is 5.03 Å². The molecule has 0 radical (unpaired) electrons. The molecule has 1 N–H and O–H groups in total. The van der Waals surface area contributed by atoms with Crippen molar-refractivity contribution in [2.24, 2.45) is 0 Å². The number of aromatic nitrogens is 1. The van der Waals surface area contributed by atoms with Crippen molar-refractivity contribution in [3.8, 4) is 0 Å². The van der Waals surface area contributed by atoms with Crippen LogP contribution in [0.4, 0.5) is 18.9 Å². The van der Waals surface area contributed by atoms with Crippen LogP contribution in [-0.2, 0) is 11.0 Å². The Morgan fingerprint density at radius 1 is 1.22 bits per heavy atom. The maximum absolute atomic E-state index is 12.6. The van der Waals surface area contributed by atoms with Gasteiger partial charge in [0, 0.05) is 31.5 Å². The highest BCUT2D eigenvalue weighted by Gasteiger charge is 2.31. The number of anilines is 1. The number of hydrogen-bond donors (Lipinski definition) is 1. The molecule has 0 spiro atoms. The fourth-order valence-electron chi connectivity index (χ4n) is 1.97. The van der Waals surface area contributed by atoms with Gasteiger partial charge in [0.05, 0.1) is 16.3 Å². The Hall–Kier alpha value is -2.26. The zero-order chi connectivity index (χ0) is 20.2. The first-order valence-electron chi connectivity index (χ1n) is 7.55. The molecule has 0 atom stereocenters. The van der Waals surface area contributed by atoms with Crippen molar-refractivity contribution >= 4 is 40.9 Å². The molecule has 1 aromatic heterocycles. The van der Waals surface area contributed by atoms with E-state index in [2.05, 4.69) is 10.3 Å². The summed E-state index contributed by atoms with van der Waals surface area (Å²) in [6.45, 7) is 0. The number of carbonyl (C=O) groups is 2. The maximum atomic E-state index is 12.6.